The van der Waals surface area contributed by atoms with Crippen molar-refractivity contribution in [3.8, 4) is 0 Å². The van der Waals surface area contributed by atoms with Gasteiger partial charge in [-0.15, -0.1) is 11.6 Å². The molecule has 9 heteroatoms. The molecule has 2 fully saturated rings. The van der Waals surface area contributed by atoms with Crippen molar-refractivity contribution in [2.75, 3.05) is 17.4 Å². The second-order valence-corrected chi connectivity index (χ2v) is 9.54. The summed E-state index contributed by atoms with van der Waals surface area (Å²) in [6.45, 7) is 0.481. The SMILES string of the molecule is O=C(CCl)N=C1S[C@H]2CS(=O)(=O)C[C@@H]2N1Cc1ccc(Cl)cc1. The molecule has 0 N–H and O–H groups in total. The molecule has 2 aliphatic heterocycles. The van der Waals surface area contributed by atoms with Crippen LogP contribution in [-0.2, 0) is 21.2 Å². The lowest BCUT2D eigenvalue weighted by Gasteiger charge is -2.24. The summed E-state index contributed by atoms with van der Waals surface area (Å²) in [4.78, 5) is 17.5. The van der Waals surface area contributed by atoms with Gasteiger partial charge in [-0.05, 0) is 17.7 Å². The first kappa shape index (κ1) is 17.1. The third-order valence-corrected chi connectivity index (χ3v) is 7.50. The molecule has 0 aromatic heterocycles. The van der Waals surface area contributed by atoms with Gasteiger partial charge in [0.05, 0.1) is 17.5 Å². The lowest BCUT2D eigenvalue weighted by atomic mass is 10.1. The van der Waals surface area contributed by atoms with Crippen molar-refractivity contribution >= 4 is 55.9 Å². The van der Waals surface area contributed by atoms with Crippen LogP contribution >= 0.6 is 35.0 Å². The minimum absolute atomic E-state index is 0.0887. The van der Waals surface area contributed by atoms with E-state index in [1.54, 1.807) is 12.1 Å². The van der Waals surface area contributed by atoms with Crippen LogP contribution in [0.25, 0.3) is 0 Å². The van der Waals surface area contributed by atoms with Crippen LogP contribution in [0.4, 0.5) is 0 Å². The highest BCUT2D eigenvalue weighted by molar-refractivity contribution is 8.15. The number of hydrogen-bond acceptors (Lipinski definition) is 4. The molecule has 0 aliphatic carbocycles. The van der Waals surface area contributed by atoms with Gasteiger partial charge >= 0.3 is 0 Å². The molecule has 1 aromatic rings. The van der Waals surface area contributed by atoms with Crippen molar-refractivity contribution in [2.24, 2.45) is 4.99 Å². The first-order valence-electron chi connectivity index (χ1n) is 6.93. The van der Waals surface area contributed by atoms with E-state index in [0.29, 0.717) is 16.7 Å². The second kappa shape index (κ2) is 6.63. The quantitative estimate of drug-likeness (QED) is 0.737. The van der Waals surface area contributed by atoms with E-state index in [-0.39, 0.29) is 28.7 Å². The number of rotatable bonds is 3. The highest BCUT2D eigenvalue weighted by Crippen LogP contribution is 2.39. The van der Waals surface area contributed by atoms with E-state index in [0.717, 1.165) is 5.56 Å². The zero-order chi connectivity index (χ0) is 16.6. The Kier molecular flexibility index (Phi) is 4.92. The number of halogens is 2. The van der Waals surface area contributed by atoms with Gasteiger partial charge < -0.3 is 4.90 Å². The van der Waals surface area contributed by atoms with Gasteiger partial charge in [-0.1, -0.05) is 35.5 Å². The van der Waals surface area contributed by atoms with Gasteiger partial charge in [0.15, 0.2) is 15.0 Å². The summed E-state index contributed by atoms with van der Waals surface area (Å²) in [5.74, 6) is -0.398. The van der Waals surface area contributed by atoms with Crippen molar-refractivity contribution in [1.29, 1.82) is 0 Å². The van der Waals surface area contributed by atoms with Crippen LogP contribution < -0.4 is 0 Å². The Hall–Kier alpha value is -0.760. The third-order valence-electron chi connectivity index (χ3n) is 3.78. The summed E-state index contributed by atoms with van der Waals surface area (Å²) in [5, 5.41) is 1.10. The normalized spacial score (nSPS) is 27.4. The molecule has 5 nitrogen and oxygen atoms in total. The molecule has 2 saturated heterocycles. The molecule has 1 aromatic carbocycles. The van der Waals surface area contributed by atoms with Gasteiger partial charge in [0.25, 0.3) is 5.91 Å². The summed E-state index contributed by atoms with van der Waals surface area (Å²) in [6, 6.07) is 7.16. The van der Waals surface area contributed by atoms with Crippen LogP contribution in [0.3, 0.4) is 0 Å². The molecule has 3 rings (SSSR count). The van der Waals surface area contributed by atoms with E-state index in [1.807, 2.05) is 17.0 Å². The van der Waals surface area contributed by atoms with Crippen LogP contribution in [0.15, 0.2) is 29.3 Å². The fraction of sp³-hybridized carbons (Fsp3) is 0.429. The van der Waals surface area contributed by atoms with Gasteiger partial charge in [-0.2, -0.15) is 4.99 Å². The molecule has 23 heavy (non-hydrogen) atoms. The van der Waals surface area contributed by atoms with E-state index in [4.69, 9.17) is 23.2 Å². The summed E-state index contributed by atoms with van der Waals surface area (Å²) in [7, 11) is -3.04. The van der Waals surface area contributed by atoms with E-state index in [1.165, 1.54) is 11.8 Å². The molecule has 0 unspecified atom stereocenters. The Morgan fingerprint density at radius 1 is 1.30 bits per heavy atom. The average Bonchev–Trinajstić information content (AvgIpc) is 2.94. The zero-order valence-corrected chi connectivity index (χ0v) is 15.1. The molecule has 0 spiro atoms. The molecule has 2 atom stereocenters. The fourth-order valence-corrected chi connectivity index (χ4v) is 6.90. The largest absolute Gasteiger partial charge is 0.342 e. The lowest BCUT2D eigenvalue weighted by molar-refractivity contribution is -0.115. The second-order valence-electron chi connectivity index (χ2n) is 5.48. The fourth-order valence-electron chi connectivity index (χ4n) is 2.74. The molecule has 0 bridgehead atoms. The third kappa shape index (κ3) is 3.84. The number of carbonyl (C=O) groups excluding carboxylic acids is 1. The first-order chi connectivity index (χ1) is 10.9. The maximum Gasteiger partial charge on any atom is 0.262 e. The average molecular weight is 393 g/mol. The number of carbonyl (C=O) groups is 1. The molecule has 2 heterocycles. The highest BCUT2D eigenvalue weighted by Gasteiger charge is 2.48. The first-order valence-corrected chi connectivity index (χ1v) is 10.5. The minimum atomic E-state index is -3.04. The molecule has 2 aliphatic rings. The van der Waals surface area contributed by atoms with Gasteiger partial charge in [0.2, 0.25) is 0 Å². The summed E-state index contributed by atoms with van der Waals surface area (Å²) < 4.78 is 23.8. The maximum absolute atomic E-state index is 11.9. The number of hydrogen-bond donors (Lipinski definition) is 0. The molecular formula is C14H14Cl2N2O3S2. The number of alkyl halides is 1. The Labute approximate surface area is 149 Å². The van der Waals surface area contributed by atoms with Crippen molar-refractivity contribution in [3.63, 3.8) is 0 Å². The van der Waals surface area contributed by atoms with Crippen LogP contribution in [0, 0.1) is 0 Å². The van der Waals surface area contributed by atoms with Crippen molar-refractivity contribution in [3.05, 3.63) is 34.9 Å². The number of sulfone groups is 1. The van der Waals surface area contributed by atoms with E-state index in [9.17, 15) is 13.2 Å². The van der Waals surface area contributed by atoms with Gasteiger partial charge in [-0.25, -0.2) is 8.42 Å². The number of nitrogens with zero attached hydrogens (tertiary/aromatic N) is 2. The van der Waals surface area contributed by atoms with Gasteiger partial charge in [-0.3, -0.25) is 4.79 Å². The highest BCUT2D eigenvalue weighted by atomic mass is 35.5. The number of thioether (sulfide) groups is 1. The molecule has 0 saturated carbocycles. The molecule has 1 amide bonds. The van der Waals surface area contributed by atoms with Crippen LogP contribution in [0.1, 0.15) is 5.56 Å². The maximum atomic E-state index is 11.9. The van der Waals surface area contributed by atoms with E-state index in [2.05, 4.69) is 4.99 Å². The smallest absolute Gasteiger partial charge is 0.262 e. The number of benzene rings is 1. The Balaban J connectivity index is 1.88. The summed E-state index contributed by atoms with van der Waals surface area (Å²) >= 11 is 12.8. The number of amidine groups is 1. The van der Waals surface area contributed by atoms with Crippen molar-refractivity contribution < 1.29 is 13.2 Å². The number of fused-ring (bicyclic) bond motifs is 1. The molecular weight excluding hydrogens is 379 g/mol. The predicted octanol–water partition coefficient (Wildman–Crippen LogP) is 2.18. The van der Waals surface area contributed by atoms with E-state index < -0.39 is 15.7 Å². The van der Waals surface area contributed by atoms with E-state index >= 15 is 0 Å². The van der Waals surface area contributed by atoms with Gasteiger partial charge in [0.1, 0.15) is 5.88 Å². The van der Waals surface area contributed by atoms with Crippen molar-refractivity contribution in [1.82, 2.24) is 4.90 Å². The Bertz CT molecular complexity index is 750. The van der Waals surface area contributed by atoms with Crippen molar-refractivity contribution in [2.45, 2.75) is 17.8 Å². The Morgan fingerprint density at radius 3 is 2.65 bits per heavy atom. The monoisotopic (exact) mass is 392 g/mol. The number of aliphatic imine (C=N–C) groups is 1. The van der Waals surface area contributed by atoms with Crippen LogP contribution in [0.5, 0.6) is 0 Å². The van der Waals surface area contributed by atoms with Gasteiger partial charge in [0, 0.05) is 16.8 Å². The molecule has 124 valence electrons. The van der Waals surface area contributed by atoms with Crippen LogP contribution in [-0.4, -0.2) is 53.1 Å². The summed E-state index contributed by atoms with van der Waals surface area (Å²) in [5.41, 5.74) is 0.978. The summed E-state index contributed by atoms with van der Waals surface area (Å²) in [6.07, 6.45) is 0. The predicted molar refractivity (Wildman–Crippen MR) is 94.0 cm³/mol. The van der Waals surface area contributed by atoms with Crippen LogP contribution in [0.2, 0.25) is 5.02 Å². The number of amides is 1. The minimum Gasteiger partial charge on any atom is -0.342 e. The zero-order valence-electron chi connectivity index (χ0n) is 12.0. The lowest BCUT2D eigenvalue weighted by Crippen LogP contribution is -2.37. The topological polar surface area (TPSA) is 66.8 Å². The Morgan fingerprint density at radius 2 is 2.00 bits per heavy atom. The molecule has 0 radical (unpaired) electrons. The standard InChI is InChI=1S/C14H14Cl2N2O3S2/c15-5-13(19)17-14-18(6-9-1-3-10(16)4-2-9)11-7-23(20,21)8-12(11)22-14/h1-4,11-12H,5-8H2/t11-,12-/m0/s1.